The van der Waals surface area contributed by atoms with Gasteiger partial charge in [-0.2, -0.15) is 0 Å². The molecule has 1 unspecified atom stereocenters. The summed E-state index contributed by atoms with van der Waals surface area (Å²) in [5.41, 5.74) is 0. The molecule has 0 bridgehead atoms. The predicted octanol–water partition coefficient (Wildman–Crippen LogP) is 1.29. The third kappa shape index (κ3) is 1.53. The van der Waals surface area contributed by atoms with Crippen LogP contribution in [0.5, 0.6) is 0 Å². The van der Waals surface area contributed by atoms with Crippen molar-refractivity contribution < 1.29 is 9.90 Å². The molecule has 2 rings (SSSR count). The maximum absolute atomic E-state index is 10.9. The Morgan fingerprint density at radius 3 is 2.86 bits per heavy atom. The minimum Gasteiger partial charge on any atom is -0.465 e. The lowest BCUT2D eigenvalue weighted by Crippen LogP contribution is -2.29. The summed E-state index contributed by atoms with van der Waals surface area (Å²) >= 11 is 0. The molecule has 1 atom stereocenters. The third-order valence-electron chi connectivity index (χ3n) is 2.38. The second-order valence-electron chi connectivity index (χ2n) is 3.24. The predicted molar refractivity (Wildman–Crippen MR) is 48.7 cm³/mol. The van der Waals surface area contributed by atoms with E-state index in [0.717, 1.165) is 12.8 Å². The molecule has 1 aliphatic heterocycles. The van der Waals surface area contributed by atoms with Crippen LogP contribution >= 0.6 is 0 Å². The van der Waals surface area contributed by atoms with E-state index in [9.17, 15) is 4.79 Å². The number of nitrogens with zero attached hydrogens (tertiary/aromatic N) is 3. The van der Waals surface area contributed by atoms with Crippen LogP contribution in [-0.4, -0.2) is 32.6 Å². The molecule has 14 heavy (non-hydrogen) atoms. The molecule has 74 valence electrons. The molecule has 1 aromatic heterocycles. The van der Waals surface area contributed by atoms with Gasteiger partial charge < -0.3 is 5.11 Å². The molecule has 5 nitrogen and oxygen atoms in total. The molecule has 5 heteroatoms. The van der Waals surface area contributed by atoms with Crippen LogP contribution in [0.1, 0.15) is 24.7 Å². The van der Waals surface area contributed by atoms with Crippen LogP contribution in [-0.2, 0) is 0 Å². The van der Waals surface area contributed by atoms with Crippen LogP contribution in [0, 0.1) is 0 Å². The van der Waals surface area contributed by atoms with E-state index in [2.05, 4.69) is 9.97 Å². The van der Waals surface area contributed by atoms with Crippen molar-refractivity contribution in [3.05, 3.63) is 24.3 Å². The summed E-state index contributed by atoms with van der Waals surface area (Å²) in [5.74, 6) is 0.604. The van der Waals surface area contributed by atoms with E-state index in [4.69, 9.17) is 5.11 Å². The molecule has 0 radical (unpaired) electrons. The average molecular weight is 193 g/mol. The summed E-state index contributed by atoms with van der Waals surface area (Å²) < 4.78 is 0. The van der Waals surface area contributed by atoms with Crippen LogP contribution in [0.25, 0.3) is 0 Å². The summed E-state index contributed by atoms with van der Waals surface area (Å²) in [5, 5.41) is 8.92. The Kier molecular flexibility index (Phi) is 2.30. The van der Waals surface area contributed by atoms with Gasteiger partial charge in [-0.25, -0.2) is 14.8 Å². The zero-order valence-corrected chi connectivity index (χ0v) is 7.63. The molecule has 1 fully saturated rings. The molecule has 0 spiro atoms. The van der Waals surface area contributed by atoms with E-state index in [1.165, 1.54) is 4.90 Å². The van der Waals surface area contributed by atoms with E-state index in [0.29, 0.717) is 12.4 Å². The van der Waals surface area contributed by atoms with Gasteiger partial charge in [-0.3, -0.25) is 4.90 Å². The molecule has 1 N–H and O–H groups in total. The van der Waals surface area contributed by atoms with E-state index in [1.807, 2.05) is 0 Å². The SMILES string of the molecule is O=C(O)N1CCCC1c1ncccn1. The molecule has 0 aliphatic carbocycles. The first kappa shape index (κ1) is 8.93. The van der Waals surface area contributed by atoms with Gasteiger partial charge in [-0.15, -0.1) is 0 Å². The lowest BCUT2D eigenvalue weighted by Gasteiger charge is -2.19. The average Bonchev–Trinajstić information content (AvgIpc) is 2.67. The minimum absolute atomic E-state index is 0.159. The van der Waals surface area contributed by atoms with Crippen molar-refractivity contribution in [1.29, 1.82) is 0 Å². The second-order valence-corrected chi connectivity index (χ2v) is 3.24. The van der Waals surface area contributed by atoms with E-state index >= 15 is 0 Å². The van der Waals surface area contributed by atoms with Crippen LogP contribution < -0.4 is 0 Å². The molecular weight excluding hydrogens is 182 g/mol. The van der Waals surface area contributed by atoms with Crippen LogP contribution in [0.4, 0.5) is 4.79 Å². The number of hydrogen-bond acceptors (Lipinski definition) is 3. The maximum Gasteiger partial charge on any atom is 0.407 e. The van der Waals surface area contributed by atoms with Crippen molar-refractivity contribution in [2.24, 2.45) is 0 Å². The second kappa shape index (κ2) is 3.61. The monoisotopic (exact) mass is 193 g/mol. The Labute approximate surface area is 81.4 Å². The van der Waals surface area contributed by atoms with E-state index in [-0.39, 0.29) is 6.04 Å². The summed E-state index contributed by atoms with van der Waals surface area (Å²) in [6.07, 6.45) is 4.09. The first-order valence-electron chi connectivity index (χ1n) is 4.55. The Bertz CT molecular complexity index is 328. The Morgan fingerprint density at radius 2 is 2.21 bits per heavy atom. The van der Waals surface area contributed by atoms with Crippen molar-refractivity contribution in [1.82, 2.24) is 14.9 Å². The van der Waals surface area contributed by atoms with E-state index in [1.54, 1.807) is 18.5 Å². The van der Waals surface area contributed by atoms with Crippen molar-refractivity contribution in [2.75, 3.05) is 6.54 Å². The molecule has 1 amide bonds. The number of rotatable bonds is 1. The number of likely N-dealkylation sites (tertiary alicyclic amines) is 1. The van der Waals surface area contributed by atoms with Gasteiger partial charge in [0.15, 0.2) is 5.82 Å². The zero-order chi connectivity index (χ0) is 9.97. The molecule has 1 aliphatic rings. The van der Waals surface area contributed by atoms with Crippen LogP contribution in [0.15, 0.2) is 18.5 Å². The van der Waals surface area contributed by atoms with Gasteiger partial charge in [0.1, 0.15) is 0 Å². The van der Waals surface area contributed by atoms with Crippen molar-refractivity contribution in [2.45, 2.75) is 18.9 Å². The maximum atomic E-state index is 10.9. The molecule has 2 heterocycles. The third-order valence-corrected chi connectivity index (χ3v) is 2.38. The fourth-order valence-electron chi connectivity index (χ4n) is 1.75. The number of carboxylic acid groups (broad SMARTS) is 1. The zero-order valence-electron chi connectivity index (χ0n) is 7.63. The number of hydrogen-bond donors (Lipinski definition) is 1. The highest BCUT2D eigenvalue weighted by molar-refractivity contribution is 5.65. The Hall–Kier alpha value is -1.65. The quantitative estimate of drug-likeness (QED) is 0.729. The van der Waals surface area contributed by atoms with Crippen LogP contribution in [0.3, 0.4) is 0 Å². The topological polar surface area (TPSA) is 66.3 Å². The Balaban J connectivity index is 2.22. The summed E-state index contributed by atoms with van der Waals surface area (Å²) in [4.78, 5) is 20.4. The van der Waals surface area contributed by atoms with Gasteiger partial charge in [-0.05, 0) is 18.9 Å². The van der Waals surface area contributed by atoms with Crippen molar-refractivity contribution in [3.63, 3.8) is 0 Å². The van der Waals surface area contributed by atoms with E-state index < -0.39 is 6.09 Å². The summed E-state index contributed by atoms with van der Waals surface area (Å²) in [6, 6.07) is 1.57. The highest BCUT2D eigenvalue weighted by atomic mass is 16.4. The van der Waals surface area contributed by atoms with Crippen molar-refractivity contribution >= 4 is 6.09 Å². The Morgan fingerprint density at radius 1 is 1.50 bits per heavy atom. The normalized spacial score (nSPS) is 21.1. The fraction of sp³-hybridized carbons (Fsp3) is 0.444. The number of carbonyl (C=O) groups is 1. The van der Waals surface area contributed by atoms with Gasteiger partial charge in [0.25, 0.3) is 0 Å². The summed E-state index contributed by atoms with van der Waals surface area (Å²) in [6.45, 7) is 0.582. The first-order chi connectivity index (χ1) is 6.79. The lowest BCUT2D eigenvalue weighted by atomic mass is 10.2. The smallest absolute Gasteiger partial charge is 0.407 e. The molecule has 1 saturated heterocycles. The first-order valence-corrected chi connectivity index (χ1v) is 4.55. The van der Waals surface area contributed by atoms with Gasteiger partial charge in [0.2, 0.25) is 0 Å². The van der Waals surface area contributed by atoms with Gasteiger partial charge in [0, 0.05) is 18.9 Å². The molecule has 1 aromatic rings. The van der Waals surface area contributed by atoms with Gasteiger partial charge in [-0.1, -0.05) is 0 Å². The van der Waals surface area contributed by atoms with Gasteiger partial charge in [0.05, 0.1) is 6.04 Å². The standard InChI is InChI=1S/C9H11N3O2/c13-9(14)12-6-1-3-7(12)8-10-4-2-5-11-8/h2,4-5,7H,1,3,6H2,(H,13,14). The fourth-order valence-corrected chi connectivity index (χ4v) is 1.75. The molecule has 0 aromatic carbocycles. The van der Waals surface area contributed by atoms with Crippen molar-refractivity contribution in [3.8, 4) is 0 Å². The molecule has 0 saturated carbocycles. The highest BCUT2D eigenvalue weighted by Crippen LogP contribution is 2.28. The largest absolute Gasteiger partial charge is 0.465 e. The number of amides is 1. The lowest BCUT2D eigenvalue weighted by molar-refractivity contribution is 0.138. The minimum atomic E-state index is -0.889. The highest BCUT2D eigenvalue weighted by Gasteiger charge is 2.31. The number of aromatic nitrogens is 2. The summed E-state index contributed by atoms with van der Waals surface area (Å²) in [7, 11) is 0. The molecular formula is C9H11N3O2. The van der Waals surface area contributed by atoms with Crippen LogP contribution in [0.2, 0.25) is 0 Å². The van der Waals surface area contributed by atoms with Gasteiger partial charge >= 0.3 is 6.09 Å².